The predicted molar refractivity (Wildman–Crippen MR) is 82.5 cm³/mol. The molecule has 0 spiro atoms. The lowest BCUT2D eigenvalue weighted by atomic mass is 10.2. The van der Waals surface area contributed by atoms with Crippen LogP contribution in [0, 0.1) is 0 Å². The molecule has 0 heterocycles. The zero-order chi connectivity index (χ0) is 14.3. The van der Waals surface area contributed by atoms with Crippen molar-refractivity contribution < 1.29 is 13.7 Å². The molecule has 1 unspecified atom stereocenters. The summed E-state index contributed by atoms with van der Waals surface area (Å²) in [6, 6.07) is 3.85. The van der Waals surface area contributed by atoms with Gasteiger partial charge in [-0.3, -0.25) is 4.21 Å². The third-order valence-corrected chi connectivity index (χ3v) is 4.26. The fraction of sp³-hybridized carbons (Fsp3) is 0.538. The molecule has 0 saturated heterocycles. The zero-order valence-electron chi connectivity index (χ0n) is 11.5. The van der Waals surface area contributed by atoms with E-state index in [1.165, 1.54) is 0 Å². The Morgan fingerprint density at radius 2 is 1.89 bits per heavy atom. The van der Waals surface area contributed by atoms with Gasteiger partial charge in [0.2, 0.25) is 0 Å². The number of methoxy groups -OCH3 is 2. The lowest BCUT2D eigenvalue weighted by Crippen LogP contribution is -2.17. The van der Waals surface area contributed by atoms with E-state index in [-0.39, 0.29) is 0 Å². The van der Waals surface area contributed by atoms with E-state index in [9.17, 15) is 4.21 Å². The van der Waals surface area contributed by atoms with Crippen molar-refractivity contribution in [3.63, 3.8) is 0 Å². The summed E-state index contributed by atoms with van der Waals surface area (Å²) < 4.78 is 22.4. The molecule has 0 amide bonds. The summed E-state index contributed by atoms with van der Waals surface area (Å²) in [6.45, 7) is 1.58. The minimum absolute atomic E-state index is 0.708. The monoisotopic (exact) mass is 349 g/mol. The van der Waals surface area contributed by atoms with Gasteiger partial charge in [-0.25, -0.2) is 0 Å². The highest BCUT2D eigenvalue weighted by Gasteiger charge is 2.09. The first-order chi connectivity index (χ1) is 9.08. The Morgan fingerprint density at radius 3 is 2.47 bits per heavy atom. The van der Waals surface area contributed by atoms with Crippen LogP contribution in [-0.2, 0) is 17.3 Å². The molecule has 1 N–H and O–H groups in total. The molecule has 6 heteroatoms. The highest BCUT2D eigenvalue weighted by molar-refractivity contribution is 9.10. The Balaban J connectivity index is 2.56. The Bertz CT molecular complexity index is 440. The number of halogens is 1. The smallest absolute Gasteiger partial charge is 0.161 e. The van der Waals surface area contributed by atoms with Gasteiger partial charge in [-0.1, -0.05) is 15.9 Å². The molecule has 0 aliphatic carbocycles. The molecule has 0 fully saturated rings. The summed E-state index contributed by atoms with van der Waals surface area (Å²) >= 11 is 3.52. The van der Waals surface area contributed by atoms with Crippen molar-refractivity contribution in [3.8, 4) is 11.5 Å². The SMILES string of the molecule is COc1cc(Br)c(CNCCCS(C)=O)cc1OC. The second kappa shape index (κ2) is 8.55. The topological polar surface area (TPSA) is 47.6 Å². The van der Waals surface area contributed by atoms with Crippen LogP contribution in [0.4, 0.5) is 0 Å². The summed E-state index contributed by atoms with van der Waals surface area (Å²) in [5, 5.41) is 3.33. The molecule has 108 valence electrons. The standard InChI is InChI=1S/C13H20BrNO3S/c1-17-12-7-10(11(14)8-13(12)18-2)9-15-5-4-6-19(3)16/h7-8,15H,4-6,9H2,1-3H3. The maximum atomic E-state index is 10.9. The molecular formula is C13H20BrNO3S. The first kappa shape index (κ1) is 16.5. The normalized spacial score (nSPS) is 12.2. The van der Waals surface area contributed by atoms with E-state index in [2.05, 4.69) is 21.2 Å². The third kappa shape index (κ3) is 5.50. The van der Waals surface area contributed by atoms with Crippen LogP contribution in [0.15, 0.2) is 16.6 Å². The van der Waals surface area contributed by atoms with Crippen molar-refractivity contribution in [2.75, 3.05) is 32.8 Å². The number of nitrogens with one attached hydrogen (secondary N) is 1. The van der Waals surface area contributed by atoms with Crippen LogP contribution in [-0.4, -0.2) is 37.0 Å². The number of benzene rings is 1. The summed E-state index contributed by atoms with van der Waals surface area (Å²) in [6.07, 6.45) is 2.64. The van der Waals surface area contributed by atoms with Crippen molar-refractivity contribution in [1.82, 2.24) is 5.32 Å². The molecule has 0 saturated carbocycles. The van der Waals surface area contributed by atoms with Gasteiger partial charge in [0.15, 0.2) is 11.5 Å². The molecule has 0 radical (unpaired) electrons. The van der Waals surface area contributed by atoms with E-state index in [0.29, 0.717) is 5.75 Å². The first-order valence-corrected chi connectivity index (χ1v) is 8.51. The van der Waals surface area contributed by atoms with E-state index in [1.54, 1.807) is 20.5 Å². The highest BCUT2D eigenvalue weighted by atomic mass is 79.9. The molecule has 0 aliphatic heterocycles. The van der Waals surface area contributed by atoms with Gasteiger partial charge in [0.1, 0.15) is 0 Å². The summed E-state index contributed by atoms with van der Waals surface area (Å²) in [7, 11) is 2.53. The van der Waals surface area contributed by atoms with E-state index < -0.39 is 10.8 Å². The molecular weight excluding hydrogens is 330 g/mol. The number of ether oxygens (including phenoxy) is 2. The molecule has 1 rings (SSSR count). The summed E-state index contributed by atoms with van der Waals surface area (Å²) in [5.41, 5.74) is 1.11. The lowest BCUT2D eigenvalue weighted by Gasteiger charge is -2.12. The average Bonchev–Trinajstić information content (AvgIpc) is 2.39. The van der Waals surface area contributed by atoms with E-state index in [0.717, 1.165) is 41.0 Å². The Kier molecular flexibility index (Phi) is 7.41. The maximum Gasteiger partial charge on any atom is 0.161 e. The Morgan fingerprint density at radius 1 is 1.26 bits per heavy atom. The molecule has 0 aliphatic rings. The van der Waals surface area contributed by atoms with Gasteiger partial charge in [0.25, 0.3) is 0 Å². The van der Waals surface area contributed by atoms with Crippen LogP contribution in [0.3, 0.4) is 0 Å². The summed E-state index contributed by atoms with van der Waals surface area (Å²) in [5.74, 6) is 2.16. The molecule has 4 nitrogen and oxygen atoms in total. The predicted octanol–water partition coefficient (Wildman–Crippen LogP) is 2.32. The van der Waals surface area contributed by atoms with Crippen LogP contribution in [0.1, 0.15) is 12.0 Å². The van der Waals surface area contributed by atoms with Crippen molar-refractivity contribution in [3.05, 3.63) is 22.2 Å². The third-order valence-electron chi connectivity index (χ3n) is 2.65. The van der Waals surface area contributed by atoms with E-state index in [4.69, 9.17) is 9.47 Å². The van der Waals surface area contributed by atoms with Crippen LogP contribution in [0.2, 0.25) is 0 Å². The number of rotatable bonds is 8. The van der Waals surface area contributed by atoms with Crippen molar-refractivity contribution in [1.29, 1.82) is 0 Å². The highest BCUT2D eigenvalue weighted by Crippen LogP contribution is 2.33. The van der Waals surface area contributed by atoms with Gasteiger partial charge < -0.3 is 14.8 Å². The van der Waals surface area contributed by atoms with Crippen molar-refractivity contribution in [2.45, 2.75) is 13.0 Å². The Hall–Kier alpha value is -0.590. The molecule has 1 aromatic rings. The van der Waals surface area contributed by atoms with Crippen LogP contribution >= 0.6 is 15.9 Å². The largest absolute Gasteiger partial charge is 0.493 e. The van der Waals surface area contributed by atoms with Gasteiger partial charge in [-0.15, -0.1) is 0 Å². The average molecular weight is 350 g/mol. The molecule has 19 heavy (non-hydrogen) atoms. The fourth-order valence-electron chi connectivity index (χ4n) is 1.66. The molecule has 1 aromatic carbocycles. The minimum Gasteiger partial charge on any atom is -0.493 e. The van der Waals surface area contributed by atoms with Gasteiger partial charge in [0.05, 0.1) is 14.2 Å². The molecule has 1 atom stereocenters. The van der Waals surface area contributed by atoms with Crippen LogP contribution < -0.4 is 14.8 Å². The quantitative estimate of drug-likeness (QED) is 0.731. The van der Waals surface area contributed by atoms with Gasteiger partial charge in [-0.05, 0) is 30.7 Å². The van der Waals surface area contributed by atoms with Crippen molar-refractivity contribution >= 4 is 26.7 Å². The zero-order valence-corrected chi connectivity index (χ0v) is 13.9. The maximum absolute atomic E-state index is 10.9. The second-order valence-corrected chi connectivity index (χ2v) is 6.52. The minimum atomic E-state index is -0.713. The lowest BCUT2D eigenvalue weighted by molar-refractivity contribution is 0.354. The van der Waals surface area contributed by atoms with E-state index in [1.807, 2.05) is 12.1 Å². The van der Waals surface area contributed by atoms with Crippen molar-refractivity contribution in [2.24, 2.45) is 0 Å². The second-order valence-electron chi connectivity index (χ2n) is 4.11. The van der Waals surface area contributed by atoms with Gasteiger partial charge >= 0.3 is 0 Å². The van der Waals surface area contributed by atoms with E-state index >= 15 is 0 Å². The fourth-order valence-corrected chi connectivity index (χ4v) is 2.67. The van der Waals surface area contributed by atoms with Crippen LogP contribution in [0.25, 0.3) is 0 Å². The Labute approximate surface area is 125 Å². The van der Waals surface area contributed by atoms with Crippen LogP contribution in [0.5, 0.6) is 11.5 Å². The van der Waals surface area contributed by atoms with Gasteiger partial charge in [-0.2, -0.15) is 0 Å². The number of hydrogen-bond donors (Lipinski definition) is 1. The first-order valence-electron chi connectivity index (χ1n) is 5.99. The molecule has 0 aromatic heterocycles. The molecule has 0 bridgehead atoms. The number of hydrogen-bond acceptors (Lipinski definition) is 4. The van der Waals surface area contributed by atoms with Gasteiger partial charge in [0, 0.05) is 33.8 Å². The summed E-state index contributed by atoms with van der Waals surface area (Å²) in [4.78, 5) is 0.